The molecule has 2 unspecified atom stereocenters. The summed E-state index contributed by atoms with van der Waals surface area (Å²) >= 11 is 0. The zero-order chi connectivity index (χ0) is 17.0. The minimum Gasteiger partial charge on any atom is -0.330 e. The summed E-state index contributed by atoms with van der Waals surface area (Å²) in [7, 11) is 0. The lowest BCUT2D eigenvalue weighted by atomic mass is 10.0. The molecule has 140 valence electrons. The average molecular weight is 387 g/mol. The van der Waals surface area contributed by atoms with Crippen LogP contribution in [-0.4, -0.2) is 21.5 Å². The highest BCUT2D eigenvalue weighted by molar-refractivity contribution is 5.92. The molecule has 1 heterocycles. The van der Waals surface area contributed by atoms with Crippen molar-refractivity contribution in [3.8, 4) is 0 Å². The maximum Gasteiger partial charge on any atom is 0.228 e. The van der Waals surface area contributed by atoms with E-state index in [-0.39, 0.29) is 42.7 Å². The minimum atomic E-state index is -0.222. The molecule has 0 aliphatic carbocycles. The molecule has 5 nitrogen and oxygen atoms in total. The number of carbonyl (C=O) groups excluding carboxylic acids is 1. The molecule has 0 saturated carbocycles. The Labute approximate surface area is 162 Å². The summed E-state index contributed by atoms with van der Waals surface area (Å²) in [6, 6.07) is 7.72. The Bertz CT molecular complexity index is 671. The first-order valence-electron chi connectivity index (χ1n) is 8.05. The predicted molar refractivity (Wildman–Crippen MR) is 108 cm³/mol. The molecular formula is C18H28Cl2N4O. The van der Waals surface area contributed by atoms with Gasteiger partial charge < -0.3 is 15.6 Å². The van der Waals surface area contributed by atoms with Gasteiger partial charge >= 0.3 is 0 Å². The van der Waals surface area contributed by atoms with Crippen LogP contribution in [0.5, 0.6) is 0 Å². The summed E-state index contributed by atoms with van der Waals surface area (Å²) in [5, 5.41) is 2.94. The summed E-state index contributed by atoms with van der Waals surface area (Å²) in [5.41, 5.74) is 7.70. The van der Waals surface area contributed by atoms with Gasteiger partial charge in [0.25, 0.3) is 0 Å². The molecule has 25 heavy (non-hydrogen) atoms. The fourth-order valence-corrected chi connectivity index (χ4v) is 2.39. The fraction of sp³-hybridized carbons (Fsp3) is 0.444. The molecule has 0 fully saturated rings. The Kier molecular flexibility index (Phi) is 9.78. The van der Waals surface area contributed by atoms with Gasteiger partial charge in [0, 0.05) is 36.6 Å². The van der Waals surface area contributed by atoms with E-state index in [0.717, 1.165) is 23.6 Å². The zero-order valence-corrected chi connectivity index (χ0v) is 16.7. The predicted octanol–water partition coefficient (Wildman–Crippen LogP) is 3.82. The largest absolute Gasteiger partial charge is 0.330 e. The number of benzene rings is 1. The normalized spacial score (nSPS) is 12.7. The van der Waals surface area contributed by atoms with E-state index in [2.05, 4.69) is 34.8 Å². The molecule has 1 aromatic heterocycles. The monoisotopic (exact) mass is 386 g/mol. The number of anilines is 1. The Morgan fingerprint density at radius 3 is 2.52 bits per heavy atom. The van der Waals surface area contributed by atoms with Gasteiger partial charge in [-0.25, -0.2) is 4.98 Å². The second-order valence-electron chi connectivity index (χ2n) is 6.41. The van der Waals surface area contributed by atoms with Crippen LogP contribution in [-0.2, 0) is 11.3 Å². The molecular weight excluding hydrogens is 359 g/mol. The van der Waals surface area contributed by atoms with Crippen LogP contribution in [0.25, 0.3) is 0 Å². The third kappa shape index (κ3) is 6.34. The van der Waals surface area contributed by atoms with Crippen molar-refractivity contribution in [3.63, 3.8) is 0 Å². The number of nitrogens with one attached hydrogen (secondary N) is 1. The number of carbonyl (C=O) groups is 1. The van der Waals surface area contributed by atoms with Gasteiger partial charge in [0.15, 0.2) is 0 Å². The van der Waals surface area contributed by atoms with Crippen LogP contribution >= 0.6 is 24.8 Å². The molecule has 0 aliphatic rings. The van der Waals surface area contributed by atoms with Crippen molar-refractivity contribution in [3.05, 3.63) is 48.0 Å². The van der Waals surface area contributed by atoms with Gasteiger partial charge in [0.2, 0.25) is 5.91 Å². The molecule has 1 amide bonds. The molecule has 3 N–H and O–H groups in total. The maximum atomic E-state index is 12.1. The molecule has 0 spiro atoms. The van der Waals surface area contributed by atoms with Gasteiger partial charge in [0.1, 0.15) is 5.82 Å². The topological polar surface area (TPSA) is 72.9 Å². The number of rotatable bonds is 6. The average Bonchev–Trinajstić information content (AvgIpc) is 2.95. The number of hydrogen-bond acceptors (Lipinski definition) is 3. The molecule has 2 rings (SSSR count). The van der Waals surface area contributed by atoms with Crippen LogP contribution in [0, 0.1) is 5.92 Å². The van der Waals surface area contributed by atoms with Crippen LogP contribution in [0.3, 0.4) is 0 Å². The first-order valence-corrected chi connectivity index (χ1v) is 8.05. The maximum absolute atomic E-state index is 12.1. The Balaban J connectivity index is 0.00000288. The van der Waals surface area contributed by atoms with Crippen molar-refractivity contribution in [2.45, 2.75) is 46.2 Å². The van der Waals surface area contributed by atoms with E-state index in [4.69, 9.17) is 5.73 Å². The van der Waals surface area contributed by atoms with E-state index in [9.17, 15) is 4.79 Å². The number of amides is 1. The fourth-order valence-electron chi connectivity index (χ4n) is 2.39. The van der Waals surface area contributed by atoms with Crippen LogP contribution in [0.2, 0.25) is 0 Å². The third-order valence-corrected chi connectivity index (χ3v) is 4.01. The Hall–Kier alpha value is -1.56. The smallest absolute Gasteiger partial charge is 0.228 e. The first-order chi connectivity index (χ1) is 10.9. The van der Waals surface area contributed by atoms with Crippen molar-refractivity contribution in [2.75, 3.05) is 5.32 Å². The van der Waals surface area contributed by atoms with Crippen molar-refractivity contribution in [1.82, 2.24) is 9.55 Å². The number of imidazole rings is 1. The standard InChI is InChI=1S/C18H26N4O.2ClH/c1-12(2)17-20-8-9-22(17)11-15-6-5-7-16(10-15)21-18(23)13(3)14(4)19;;/h5-10,12-14H,11,19H2,1-4H3,(H,21,23);2*1H. The number of hydrogen-bond donors (Lipinski definition) is 2. The highest BCUT2D eigenvalue weighted by Gasteiger charge is 2.17. The van der Waals surface area contributed by atoms with Gasteiger partial charge in [-0.05, 0) is 24.6 Å². The van der Waals surface area contributed by atoms with E-state index < -0.39 is 0 Å². The molecule has 7 heteroatoms. The van der Waals surface area contributed by atoms with E-state index in [1.54, 1.807) is 0 Å². The summed E-state index contributed by atoms with van der Waals surface area (Å²) < 4.78 is 2.14. The second-order valence-corrected chi connectivity index (χ2v) is 6.41. The highest BCUT2D eigenvalue weighted by atomic mass is 35.5. The number of nitrogens with zero attached hydrogens (tertiary/aromatic N) is 2. The van der Waals surface area contributed by atoms with Gasteiger partial charge in [-0.15, -0.1) is 24.8 Å². The van der Waals surface area contributed by atoms with Crippen LogP contribution in [0.1, 0.15) is 45.0 Å². The summed E-state index contributed by atoms with van der Waals surface area (Å²) in [6.07, 6.45) is 3.81. The van der Waals surface area contributed by atoms with E-state index in [0.29, 0.717) is 5.92 Å². The molecule has 0 saturated heterocycles. The molecule has 1 aromatic carbocycles. The van der Waals surface area contributed by atoms with Gasteiger partial charge in [-0.3, -0.25) is 4.79 Å². The SMILES string of the molecule is CC(C)c1nccn1Cc1cccc(NC(=O)C(C)C(C)N)c1.Cl.Cl. The molecule has 0 bridgehead atoms. The lowest BCUT2D eigenvalue weighted by Gasteiger charge is -2.16. The molecule has 0 radical (unpaired) electrons. The Morgan fingerprint density at radius 1 is 1.24 bits per heavy atom. The summed E-state index contributed by atoms with van der Waals surface area (Å²) in [5.74, 6) is 1.16. The first kappa shape index (κ1) is 23.4. The van der Waals surface area contributed by atoms with Crippen molar-refractivity contribution < 1.29 is 4.79 Å². The van der Waals surface area contributed by atoms with Gasteiger partial charge in [-0.1, -0.05) is 32.9 Å². The summed E-state index contributed by atoms with van der Waals surface area (Å²) in [4.78, 5) is 16.5. The Morgan fingerprint density at radius 2 is 1.92 bits per heavy atom. The second kappa shape index (κ2) is 10.4. The van der Waals surface area contributed by atoms with Gasteiger partial charge in [-0.2, -0.15) is 0 Å². The third-order valence-electron chi connectivity index (χ3n) is 4.01. The van der Waals surface area contributed by atoms with E-state index >= 15 is 0 Å². The van der Waals surface area contributed by atoms with E-state index in [1.807, 2.05) is 44.4 Å². The number of nitrogens with two attached hydrogens (primary N) is 1. The van der Waals surface area contributed by atoms with Crippen molar-refractivity contribution in [2.24, 2.45) is 11.7 Å². The molecule has 0 aliphatic heterocycles. The van der Waals surface area contributed by atoms with E-state index in [1.165, 1.54) is 0 Å². The molecule has 2 atom stereocenters. The minimum absolute atomic E-state index is 0. The quantitative estimate of drug-likeness (QED) is 0.792. The van der Waals surface area contributed by atoms with Crippen molar-refractivity contribution in [1.29, 1.82) is 0 Å². The highest BCUT2D eigenvalue weighted by Crippen LogP contribution is 2.17. The van der Waals surface area contributed by atoms with Gasteiger partial charge in [0.05, 0.1) is 5.92 Å². The van der Waals surface area contributed by atoms with Crippen molar-refractivity contribution >= 4 is 36.4 Å². The number of halogens is 2. The van der Waals surface area contributed by atoms with Crippen LogP contribution in [0.4, 0.5) is 5.69 Å². The molecule has 2 aromatic rings. The lowest BCUT2D eigenvalue weighted by Crippen LogP contribution is -2.34. The van der Waals surface area contributed by atoms with Crippen LogP contribution < -0.4 is 11.1 Å². The lowest BCUT2D eigenvalue weighted by molar-refractivity contribution is -0.119. The number of aromatic nitrogens is 2. The summed E-state index contributed by atoms with van der Waals surface area (Å²) in [6.45, 7) is 8.67. The zero-order valence-electron chi connectivity index (χ0n) is 15.1. The van der Waals surface area contributed by atoms with Crippen LogP contribution in [0.15, 0.2) is 36.7 Å².